The fourth-order valence-electron chi connectivity index (χ4n) is 2.84. The minimum atomic E-state index is -4.53. The van der Waals surface area contributed by atoms with Gasteiger partial charge in [0, 0.05) is 16.5 Å². The first-order chi connectivity index (χ1) is 12.3. The van der Waals surface area contributed by atoms with Gasteiger partial charge >= 0.3 is 6.18 Å². The Morgan fingerprint density at radius 2 is 2.00 bits per heavy atom. The topological polar surface area (TPSA) is 29.5 Å². The molecule has 1 amide bonds. The Balaban J connectivity index is 2.05. The zero-order valence-corrected chi connectivity index (χ0v) is 14.9. The van der Waals surface area contributed by atoms with Crippen molar-refractivity contribution in [3.8, 4) is 5.75 Å². The summed E-state index contributed by atoms with van der Waals surface area (Å²) >= 11 is 11.9. The Kier molecular flexibility index (Phi) is 5.34. The molecule has 1 aliphatic rings. The average Bonchev–Trinajstić information content (AvgIpc) is 2.60. The number of alkyl halides is 4. The molecule has 0 fully saturated rings. The summed E-state index contributed by atoms with van der Waals surface area (Å²) in [7, 11) is 0. The summed E-state index contributed by atoms with van der Waals surface area (Å²) in [6.07, 6.45) is -4.10. The van der Waals surface area contributed by atoms with Crippen LogP contribution in [0.5, 0.6) is 5.75 Å². The second-order valence-electron chi connectivity index (χ2n) is 5.81. The zero-order chi connectivity index (χ0) is 18.9. The number of benzene rings is 2. The van der Waals surface area contributed by atoms with E-state index in [9.17, 15) is 18.0 Å². The molecule has 138 valence electrons. The highest BCUT2D eigenvalue weighted by atomic mass is 35.5. The molecule has 1 heterocycles. The van der Waals surface area contributed by atoms with E-state index in [0.717, 1.165) is 12.1 Å². The lowest BCUT2D eigenvalue weighted by molar-refractivity contribution is -0.137. The lowest BCUT2D eigenvalue weighted by Gasteiger charge is -2.37. The number of hydrogen-bond acceptors (Lipinski definition) is 2. The largest absolute Gasteiger partial charge is 0.489 e. The highest BCUT2D eigenvalue weighted by Gasteiger charge is 2.35. The van der Waals surface area contributed by atoms with E-state index in [2.05, 4.69) is 0 Å². The molecule has 8 heteroatoms. The van der Waals surface area contributed by atoms with Gasteiger partial charge in [0.15, 0.2) is 0 Å². The van der Waals surface area contributed by atoms with Crippen molar-refractivity contribution in [3.63, 3.8) is 0 Å². The Morgan fingerprint density at radius 3 is 2.69 bits per heavy atom. The predicted molar refractivity (Wildman–Crippen MR) is 94.3 cm³/mol. The first-order valence-corrected chi connectivity index (χ1v) is 8.71. The standard InChI is InChI=1S/C18H14Cl2F3NO2/c19-7-6-14-10-26-16-5-4-13(20)9-15(16)24(14)17(25)11-2-1-3-12(8-11)18(21,22)23/h1-5,8-9,14H,6-7,10H2. The van der Waals surface area contributed by atoms with Gasteiger partial charge in [0.05, 0.1) is 17.3 Å². The van der Waals surface area contributed by atoms with E-state index in [-0.39, 0.29) is 18.1 Å². The van der Waals surface area contributed by atoms with Crippen LogP contribution in [-0.4, -0.2) is 24.4 Å². The third kappa shape index (κ3) is 3.76. The number of ether oxygens (including phenoxy) is 1. The minimum Gasteiger partial charge on any atom is -0.489 e. The van der Waals surface area contributed by atoms with E-state index in [4.69, 9.17) is 27.9 Å². The number of anilines is 1. The number of amides is 1. The normalized spacial score (nSPS) is 16.8. The molecule has 1 unspecified atom stereocenters. The number of nitrogens with zero attached hydrogens (tertiary/aromatic N) is 1. The number of hydrogen-bond donors (Lipinski definition) is 0. The van der Waals surface area contributed by atoms with Gasteiger partial charge < -0.3 is 4.74 Å². The van der Waals surface area contributed by atoms with Crippen molar-refractivity contribution in [1.82, 2.24) is 0 Å². The van der Waals surface area contributed by atoms with Crippen LogP contribution >= 0.6 is 23.2 Å². The molecule has 0 spiro atoms. The molecule has 1 atom stereocenters. The van der Waals surface area contributed by atoms with Crippen molar-refractivity contribution < 1.29 is 22.7 Å². The van der Waals surface area contributed by atoms with Crippen LogP contribution < -0.4 is 9.64 Å². The number of rotatable bonds is 3. The molecule has 0 bridgehead atoms. The molecule has 2 aromatic carbocycles. The summed E-state index contributed by atoms with van der Waals surface area (Å²) in [4.78, 5) is 14.5. The van der Waals surface area contributed by atoms with Gasteiger partial charge in [-0.25, -0.2) is 0 Å². The molecular formula is C18H14Cl2F3NO2. The highest BCUT2D eigenvalue weighted by Crippen LogP contribution is 2.38. The van der Waals surface area contributed by atoms with Crippen molar-refractivity contribution in [2.45, 2.75) is 18.6 Å². The maximum absolute atomic E-state index is 13.1. The maximum atomic E-state index is 13.1. The Labute approximate surface area is 158 Å². The molecule has 0 aromatic heterocycles. The summed E-state index contributed by atoms with van der Waals surface area (Å²) in [5.74, 6) is 0.162. The number of carbonyl (C=O) groups is 1. The number of halogens is 5. The summed E-state index contributed by atoms with van der Waals surface area (Å²) in [5, 5.41) is 0.390. The quantitative estimate of drug-likeness (QED) is 0.642. The summed E-state index contributed by atoms with van der Waals surface area (Å²) in [5.41, 5.74) is -0.523. The third-order valence-corrected chi connectivity index (χ3v) is 4.53. The van der Waals surface area contributed by atoms with Crippen molar-refractivity contribution in [2.24, 2.45) is 0 Å². The fourth-order valence-corrected chi connectivity index (χ4v) is 3.26. The second-order valence-corrected chi connectivity index (χ2v) is 6.62. The van der Waals surface area contributed by atoms with Crippen LogP contribution in [0.3, 0.4) is 0 Å². The molecule has 2 aromatic rings. The van der Waals surface area contributed by atoms with Crippen LogP contribution in [0.25, 0.3) is 0 Å². The molecule has 0 radical (unpaired) electrons. The first-order valence-electron chi connectivity index (χ1n) is 7.80. The van der Waals surface area contributed by atoms with Crippen molar-refractivity contribution in [1.29, 1.82) is 0 Å². The Hall–Kier alpha value is -1.92. The van der Waals surface area contributed by atoms with Crippen LogP contribution in [0.15, 0.2) is 42.5 Å². The number of carbonyl (C=O) groups excluding carboxylic acids is 1. The third-order valence-electron chi connectivity index (χ3n) is 4.07. The van der Waals surface area contributed by atoms with Crippen molar-refractivity contribution in [3.05, 3.63) is 58.6 Å². The molecule has 26 heavy (non-hydrogen) atoms. The maximum Gasteiger partial charge on any atom is 0.416 e. The Bertz CT molecular complexity index is 826. The van der Waals surface area contributed by atoms with Gasteiger partial charge in [-0.05, 0) is 42.8 Å². The molecular weight excluding hydrogens is 390 g/mol. The summed E-state index contributed by atoms with van der Waals surface area (Å²) < 4.78 is 44.6. The minimum absolute atomic E-state index is 0.0628. The van der Waals surface area contributed by atoms with Crippen LogP contribution in [0.4, 0.5) is 18.9 Å². The molecule has 0 saturated heterocycles. The molecule has 3 nitrogen and oxygen atoms in total. The fraction of sp³-hybridized carbons (Fsp3) is 0.278. The van der Waals surface area contributed by atoms with Gasteiger partial charge in [-0.15, -0.1) is 11.6 Å². The lowest BCUT2D eigenvalue weighted by atomic mass is 10.0. The van der Waals surface area contributed by atoms with Gasteiger partial charge in [-0.3, -0.25) is 9.69 Å². The van der Waals surface area contributed by atoms with Crippen molar-refractivity contribution >= 4 is 34.8 Å². The number of fused-ring (bicyclic) bond motifs is 1. The van der Waals surface area contributed by atoms with E-state index < -0.39 is 23.7 Å². The summed E-state index contributed by atoms with van der Waals surface area (Å²) in [6, 6.07) is 8.75. The van der Waals surface area contributed by atoms with Gasteiger partial charge in [-0.2, -0.15) is 13.2 Å². The van der Waals surface area contributed by atoms with Gasteiger partial charge in [0.25, 0.3) is 5.91 Å². The molecule has 0 saturated carbocycles. The summed E-state index contributed by atoms with van der Waals surface area (Å²) in [6.45, 7) is 0.200. The zero-order valence-electron chi connectivity index (χ0n) is 13.4. The van der Waals surface area contributed by atoms with E-state index in [1.165, 1.54) is 17.0 Å². The van der Waals surface area contributed by atoms with E-state index >= 15 is 0 Å². The van der Waals surface area contributed by atoms with Crippen LogP contribution in [0.2, 0.25) is 5.02 Å². The molecule has 0 N–H and O–H groups in total. The second kappa shape index (κ2) is 7.37. The average molecular weight is 404 g/mol. The molecule has 3 rings (SSSR count). The van der Waals surface area contributed by atoms with E-state index in [1.807, 2.05) is 0 Å². The lowest BCUT2D eigenvalue weighted by Crippen LogP contribution is -2.47. The SMILES string of the molecule is O=C(c1cccc(C(F)(F)F)c1)N1c2cc(Cl)ccc2OCC1CCCl. The smallest absolute Gasteiger partial charge is 0.416 e. The van der Waals surface area contributed by atoms with Crippen molar-refractivity contribution in [2.75, 3.05) is 17.4 Å². The molecule has 1 aliphatic heterocycles. The van der Waals surface area contributed by atoms with Crippen LogP contribution in [0.1, 0.15) is 22.3 Å². The van der Waals surface area contributed by atoms with Gasteiger partial charge in [0.1, 0.15) is 12.4 Å². The molecule has 0 aliphatic carbocycles. The monoisotopic (exact) mass is 403 g/mol. The highest BCUT2D eigenvalue weighted by molar-refractivity contribution is 6.31. The van der Waals surface area contributed by atoms with E-state index in [0.29, 0.717) is 22.9 Å². The predicted octanol–water partition coefficient (Wildman–Crippen LogP) is 5.40. The first kappa shape index (κ1) is 18.9. The van der Waals surface area contributed by atoms with Gasteiger partial charge in [0.2, 0.25) is 0 Å². The van der Waals surface area contributed by atoms with E-state index in [1.54, 1.807) is 18.2 Å². The van der Waals surface area contributed by atoms with Crippen LogP contribution in [0, 0.1) is 0 Å². The van der Waals surface area contributed by atoms with Crippen LogP contribution in [-0.2, 0) is 6.18 Å². The van der Waals surface area contributed by atoms with Gasteiger partial charge in [-0.1, -0.05) is 17.7 Å². The Morgan fingerprint density at radius 1 is 1.23 bits per heavy atom.